The van der Waals surface area contributed by atoms with Gasteiger partial charge in [0, 0.05) is 12.4 Å². The van der Waals surface area contributed by atoms with Gasteiger partial charge in [-0.05, 0) is 19.1 Å². The van der Waals surface area contributed by atoms with Crippen molar-refractivity contribution in [2.24, 2.45) is 0 Å². The molecule has 2 rings (SSSR count). The van der Waals surface area contributed by atoms with Crippen molar-refractivity contribution < 1.29 is 18.0 Å². The highest BCUT2D eigenvalue weighted by Gasteiger charge is 2.35. The summed E-state index contributed by atoms with van der Waals surface area (Å²) in [5, 5.41) is 2.64. The Morgan fingerprint density at radius 3 is 2.57 bits per heavy atom. The van der Waals surface area contributed by atoms with Gasteiger partial charge in [-0.2, -0.15) is 13.2 Å². The van der Waals surface area contributed by atoms with E-state index >= 15 is 0 Å². The van der Waals surface area contributed by atoms with E-state index in [0.717, 1.165) is 5.56 Å². The number of nitrogens with one attached hydrogen (secondary N) is 3. The number of carbonyl (C=O) groups is 1. The van der Waals surface area contributed by atoms with Crippen molar-refractivity contribution in [3.05, 3.63) is 29.6 Å². The van der Waals surface area contributed by atoms with Gasteiger partial charge >= 0.3 is 12.2 Å². The van der Waals surface area contributed by atoms with Gasteiger partial charge in [-0.3, -0.25) is 10.9 Å². The number of hydrazine groups is 1. The van der Waals surface area contributed by atoms with Gasteiger partial charge < -0.3 is 5.32 Å². The zero-order valence-electron chi connectivity index (χ0n) is 11.2. The molecule has 0 aliphatic rings. The number of urea groups is 1. The van der Waals surface area contributed by atoms with Crippen molar-refractivity contribution >= 4 is 22.8 Å². The van der Waals surface area contributed by atoms with E-state index in [-0.39, 0.29) is 11.3 Å². The summed E-state index contributed by atoms with van der Waals surface area (Å²) in [5.41, 5.74) is 5.50. The Morgan fingerprint density at radius 2 is 1.95 bits per heavy atom. The summed E-state index contributed by atoms with van der Waals surface area (Å²) >= 11 is 0. The summed E-state index contributed by atoms with van der Waals surface area (Å²) in [5.74, 6) is -1.40. The largest absolute Gasteiger partial charge is 0.451 e. The van der Waals surface area contributed by atoms with E-state index in [1.54, 1.807) is 19.1 Å². The first-order valence-electron chi connectivity index (χ1n) is 5.90. The van der Waals surface area contributed by atoms with Crippen LogP contribution < -0.4 is 16.2 Å². The SMILES string of the molecule is CNC(=O)NNc1nc(C(F)(F)F)nc2ccc(C)cc12. The molecule has 0 fully saturated rings. The Bertz CT molecular complexity index is 686. The molecule has 3 N–H and O–H groups in total. The molecule has 1 aromatic carbocycles. The number of hydrogen-bond donors (Lipinski definition) is 3. The molecule has 0 saturated heterocycles. The average molecular weight is 299 g/mol. The van der Waals surface area contributed by atoms with E-state index in [1.807, 2.05) is 0 Å². The van der Waals surface area contributed by atoms with Crippen LogP contribution in [0.5, 0.6) is 0 Å². The number of alkyl halides is 3. The third-order valence-electron chi connectivity index (χ3n) is 2.63. The molecule has 0 aliphatic heterocycles. The fourth-order valence-electron chi connectivity index (χ4n) is 1.64. The van der Waals surface area contributed by atoms with Gasteiger partial charge in [-0.15, -0.1) is 0 Å². The van der Waals surface area contributed by atoms with Crippen LogP contribution in [0.15, 0.2) is 18.2 Å². The van der Waals surface area contributed by atoms with Gasteiger partial charge in [0.25, 0.3) is 0 Å². The predicted molar refractivity (Wildman–Crippen MR) is 70.5 cm³/mol. The molecule has 0 bridgehead atoms. The quantitative estimate of drug-likeness (QED) is 0.743. The molecule has 21 heavy (non-hydrogen) atoms. The Morgan fingerprint density at radius 1 is 1.24 bits per heavy atom. The van der Waals surface area contributed by atoms with Crippen LogP contribution in [0, 0.1) is 6.92 Å². The third kappa shape index (κ3) is 3.30. The molecule has 0 unspecified atom stereocenters. The number of aryl methyl sites for hydroxylation is 1. The number of benzene rings is 1. The summed E-state index contributed by atoms with van der Waals surface area (Å²) in [7, 11) is 1.38. The van der Waals surface area contributed by atoms with Gasteiger partial charge in [0.05, 0.1) is 5.52 Å². The van der Waals surface area contributed by atoms with Crippen LogP contribution >= 0.6 is 0 Å². The van der Waals surface area contributed by atoms with Crippen molar-refractivity contribution in [2.45, 2.75) is 13.1 Å². The molecule has 0 spiro atoms. The number of halogens is 3. The van der Waals surface area contributed by atoms with E-state index in [1.165, 1.54) is 13.1 Å². The highest BCUT2D eigenvalue weighted by molar-refractivity contribution is 5.90. The fourth-order valence-corrected chi connectivity index (χ4v) is 1.64. The summed E-state index contributed by atoms with van der Waals surface area (Å²) in [6.45, 7) is 1.78. The Hall–Kier alpha value is -2.58. The molecule has 2 amide bonds. The maximum atomic E-state index is 12.8. The van der Waals surface area contributed by atoms with Gasteiger partial charge in [-0.25, -0.2) is 14.8 Å². The number of anilines is 1. The highest BCUT2D eigenvalue weighted by atomic mass is 19.4. The summed E-state index contributed by atoms with van der Waals surface area (Å²) in [4.78, 5) is 18.0. The van der Waals surface area contributed by atoms with Crippen LogP contribution in [0.4, 0.5) is 23.8 Å². The van der Waals surface area contributed by atoms with Crippen molar-refractivity contribution in [3.63, 3.8) is 0 Å². The number of nitrogens with zero attached hydrogens (tertiary/aromatic N) is 2. The van der Waals surface area contributed by atoms with Gasteiger partial charge in [0.15, 0.2) is 5.82 Å². The predicted octanol–water partition coefficient (Wildman–Crippen LogP) is 2.21. The normalized spacial score (nSPS) is 11.3. The standard InChI is InChI=1S/C12H12F3N5O/c1-6-3-4-8-7(5-6)9(19-20-11(21)16-2)18-10(17-8)12(13,14)15/h3-5H,1-2H3,(H2,16,20,21)(H,17,18,19). The molecule has 0 radical (unpaired) electrons. The average Bonchev–Trinajstić information content (AvgIpc) is 2.43. The van der Waals surface area contributed by atoms with Gasteiger partial charge in [0.1, 0.15) is 0 Å². The van der Waals surface area contributed by atoms with Crippen molar-refractivity contribution in [3.8, 4) is 0 Å². The Balaban J connectivity index is 2.52. The lowest BCUT2D eigenvalue weighted by Crippen LogP contribution is -2.37. The summed E-state index contributed by atoms with van der Waals surface area (Å²) in [6.07, 6.45) is -4.68. The van der Waals surface area contributed by atoms with E-state index in [9.17, 15) is 18.0 Å². The molecule has 6 nitrogen and oxygen atoms in total. The van der Waals surface area contributed by atoms with E-state index < -0.39 is 18.0 Å². The second-order valence-corrected chi connectivity index (χ2v) is 4.24. The van der Waals surface area contributed by atoms with Crippen molar-refractivity contribution in [1.82, 2.24) is 20.7 Å². The molecule has 0 aliphatic carbocycles. The second-order valence-electron chi connectivity index (χ2n) is 4.24. The lowest BCUT2D eigenvalue weighted by molar-refractivity contribution is -0.144. The molecule has 2 aromatic rings. The first-order chi connectivity index (χ1) is 9.81. The zero-order valence-corrected chi connectivity index (χ0v) is 11.2. The smallest absolute Gasteiger partial charge is 0.340 e. The third-order valence-corrected chi connectivity index (χ3v) is 2.63. The van der Waals surface area contributed by atoms with E-state index in [2.05, 4.69) is 26.1 Å². The lowest BCUT2D eigenvalue weighted by Gasteiger charge is -2.13. The monoisotopic (exact) mass is 299 g/mol. The molecule has 9 heteroatoms. The van der Waals surface area contributed by atoms with Gasteiger partial charge in [-0.1, -0.05) is 11.6 Å². The molecule has 1 heterocycles. The maximum absolute atomic E-state index is 12.8. The van der Waals surface area contributed by atoms with Crippen molar-refractivity contribution in [1.29, 1.82) is 0 Å². The molecule has 0 saturated carbocycles. The van der Waals surface area contributed by atoms with Gasteiger partial charge in [0.2, 0.25) is 5.82 Å². The summed E-state index contributed by atoms with van der Waals surface area (Å²) < 4.78 is 38.4. The lowest BCUT2D eigenvalue weighted by atomic mass is 10.1. The van der Waals surface area contributed by atoms with Crippen LogP contribution in [0.3, 0.4) is 0 Å². The highest BCUT2D eigenvalue weighted by Crippen LogP contribution is 2.30. The zero-order chi connectivity index (χ0) is 15.6. The number of carbonyl (C=O) groups excluding carboxylic acids is 1. The number of fused-ring (bicyclic) bond motifs is 1. The van der Waals surface area contributed by atoms with Crippen LogP contribution in [-0.4, -0.2) is 23.0 Å². The van der Waals surface area contributed by atoms with Crippen LogP contribution in [-0.2, 0) is 6.18 Å². The number of rotatable bonds is 2. The van der Waals surface area contributed by atoms with E-state index in [0.29, 0.717) is 5.39 Å². The number of aromatic nitrogens is 2. The topological polar surface area (TPSA) is 78.9 Å². The minimum absolute atomic E-state index is 0.125. The fraction of sp³-hybridized carbons (Fsp3) is 0.250. The minimum atomic E-state index is -4.68. The molecular formula is C12H12F3N5O. The molecular weight excluding hydrogens is 287 g/mol. The first kappa shape index (κ1) is 14.8. The van der Waals surface area contributed by atoms with Crippen molar-refractivity contribution in [2.75, 3.05) is 12.5 Å². The summed E-state index contributed by atoms with van der Waals surface area (Å²) in [6, 6.07) is 4.13. The number of amides is 2. The molecule has 0 atom stereocenters. The first-order valence-corrected chi connectivity index (χ1v) is 5.90. The maximum Gasteiger partial charge on any atom is 0.451 e. The Labute approximate surface area is 117 Å². The van der Waals surface area contributed by atoms with Crippen LogP contribution in [0.1, 0.15) is 11.4 Å². The molecule has 112 valence electrons. The second kappa shape index (κ2) is 5.43. The van der Waals surface area contributed by atoms with Crippen LogP contribution in [0.2, 0.25) is 0 Å². The number of hydrogen-bond acceptors (Lipinski definition) is 4. The molecule has 1 aromatic heterocycles. The Kier molecular flexibility index (Phi) is 3.83. The van der Waals surface area contributed by atoms with E-state index in [4.69, 9.17) is 0 Å². The minimum Gasteiger partial charge on any atom is -0.340 e. The van der Waals surface area contributed by atoms with Crippen LogP contribution in [0.25, 0.3) is 10.9 Å².